The summed E-state index contributed by atoms with van der Waals surface area (Å²) in [4.78, 5) is 4.21. The van der Waals surface area contributed by atoms with Crippen molar-refractivity contribution in [3.8, 4) is 0 Å². The summed E-state index contributed by atoms with van der Waals surface area (Å²) in [6.45, 7) is 5.62. The molecule has 1 aromatic carbocycles. The molecule has 116 valence electrons. The highest BCUT2D eigenvalue weighted by Gasteiger charge is 2.27. The first kappa shape index (κ1) is 16.2. The number of sulfonamides is 1. The number of ether oxygens (including phenoxy) is 1. The summed E-state index contributed by atoms with van der Waals surface area (Å²) in [6.07, 6.45) is 0. The first-order valence-corrected chi connectivity index (χ1v) is 8.11. The predicted octanol–water partition coefficient (Wildman–Crippen LogP) is 2.66. The molecular formula is C13H17ClN2O4S. The molecule has 1 N–H and O–H groups in total. The van der Waals surface area contributed by atoms with E-state index in [0.717, 1.165) is 0 Å². The maximum Gasteiger partial charge on any atom is 0.247 e. The van der Waals surface area contributed by atoms with Crippen LogP contribution in [-0.2, 0) is 20.2 Å². The number of benzene rings is 1. The van der Waals surface area contributed by atoms with Crippen LogP contribution in [0.15, 0.2) is 21.4 Å². The first-order valence-electron chi connectivity index (χ1n) is 6.25. The third-order valence-electron chi connectivity index (χ3n) is 2.77. The van der Waals surface area contributed by atoms with E-state index in [-0.39, 0.29) is 27.6 Å². The van der Waals surface area contributed by atoms with Crippen LogP contribution >= 0.6 is 11.6 Å². The highest BCUT2D eigenvalue weighted by molar-refractivity contribution is 7.89. The van der Waals surface area contributed by atoms with Crippen molar-refractivity contribution in [1.29, 1.82) is 0 Å². The lowest BCUT2D eigenvalue weighted by molar-refractivity contribution is 0.194. The molecule has 0 aliphatic rings. The number of oxazole rings is 1. The molecule has 2 rings (SSSR count). The number of methoxy groups -OCH3 is 1. The minimum atomic E-state index is -3.85. The van der Waals surface area contributed by atoms with E-state index in [1.165, 1.54) is 13.2 Å². The fourth-order valence-corrected chi connectivity index (χ4v) is 3.31. The Morgan fingerprint density at radius 1 is 1.38 bits per heavy atom. The van der Waals surface area contributed by atoms with Crippen molar-refractivity contribution in [3.63, 3.8) is 0 Å². The smallest absolute Gasteiger partial charge is 0.247 e. The monoisotopic (exact) mass is 332 g/mol. The molecule has 6 nitrogen and oxygen atoms in total. The van der Waals surface area contributed by atoms with Crippen LogP contribution in [0.25, 0.3) is 11.1 Å². The molecule has 0 radical (unpaired) electrons. The Hall–Kier alpha value is -1.15. The second-order valence-corrected chi connectivity index (χ2v) is 7.69. The van der Waals surface area contributed by atoms with Gasteiger partial charge in [0.1, 0.15) is 17.1 Å². The Kier molecular flexibility index (Phi) is 4.30. The van der Waals surface area contributed by atoms with Crippen molar-refractivity contribution >= 4 is 32.7 Å². The van der Waals surface area contributed by atoms with Gasteiger partial charge in [-0.05, 0) is 12.1 Å². The molecule has 21 heavy (non-hydrogen) atoms. The van der Waals surface area contributed by atoms with Crippen LogP contribution in [0.1, 0.15) is 26.7 Å². The van der Waals surface area contributed by atoms with E-state index < -0.39 is 10.0 Å². The van der Waals surface area contributed by atoms with Gasteiger partial charge < -0.3 is 9.15 Å². The molecule has 0 amide bonds. The maximum absolute atomic E-state index is 12.3. The zero-order valence-corrected chi connectivity index (χ0v) is 13.8. The number of fused-ring (bicyclic) bond motifs is 1. The average molecular weight is 333 g/mol. The van der Waals surface area contributed by atoms with Gasteiger partial charge in [0.05, 0.1) is 5.02 Å². The van der Waals surface area contributed by atoms with Gasteiger partial charge in [-0.1, -0.05) is 32.4 Å². The van der Waals surface area contributed by atoms with Crippen LogP contribution in [0.5, 0.6) is 0 Å². The number of hydrogen-bond donors (Lipinski definition) is 1. The lowest BCUT2D eigenvalue weighted by Gasteiger charge is -2.12. The molecule has 0 saturated heterocycles. The molecule has 0 aliphatic carbocycles. The lowest BCUT2D eigenvalue weighted by atomic mass is 9.97. The normalized spacial score (nSPS) is 13.0. The highest BCUT2D eigenvalue weighted by atomic mass is 35.5. The molecule has 1 aromatic heterocycles. The van der Waals surface area contributed by atoms with Gasteiger partial charge in [0.2, 0.25) is 15.9 Å². The summed E-state index contributed by atoms with van der Waals surface area (Å²) in [6, 6.07) is 3.12. The largest absolute Gasteiger partial charge is 0.439 e. The van der Waals surface area contributed by atoms with Gasteiger partial charge in [0.15, 0.2) is 5.58 Å². The van der Waals surface area contributed by atoms with E-state index in [9.17, 15) is 8.42 Å². The van der Waals surface area contributed by atoms with Gasteiger partial charge in [-0.15, -0.1) is 0 Å². The highest BCUT2D eigenvalue weighted by Crippen LogP contribution is 2.33. The molecule has 0 aliphatic heterocycles. The van der Waals surface area contributed by atoms with Gasteiger partial charge in [-0.3, -0.25) is 0 Å². The van der Waals surface area contributed by atoms with Gasteiger partial charge in [-0.2, -0.15) is 4.72 Å². The van der Waals surface area contributed by atoms with E-state index >= 15 is 0 Å². The van der Waals surface area contributed by atoms with Crippen molar-refractivity contribution in [1.82, 2.24) is 9.71 Å². The fraction of sp³-hybridized carbons (Fsp3) is 0.462. The van der Waals surface area contributed by atoms with Gasteiger partial charge in [0, 0.05) is 12.5 Å². The van der Waals surface area contributed by atoms with Crippen LogP contribution in [0.3, 0.4) is 0 Å². The summed E-state index contributed by atoms with van der Waals surface area (Å²) in [5.74, 6) is 0.447. The van der Waals surface area contributed by atoms with E-state index in [0.29, 0.717) is 11.4 Å². The summed E-state index contributed by atoms with van der Waals surface area (Å²) in [5.41, 5.74) is 0.255. The van der Waals surface area contributed by atoms with Gasteiger partial charge in [0.25, 0.3) is 0 Å². The lowest BCUT2D eigenvalue weighted by Crippen LogP contribution is -2.26. The first-order chi connectivity index (χ1) is 9.66. The number of nitrogens with one attached hydrogen (secondary N) is 1. The van der Waals surface area contributed by atoms with Crippen molar-refractivity contribution in [3.05, 3.63) is 23.0 Å². The quantitative estimate of drug-likeness (QED) is 0.870. The number of rotatable bonds is 4. The Morgan fingerprint density at radius 2 is 2.05 bits per heavy atom. The Labute approximate surface area is 128 Å². The Morgan fingerprint density at radius 3 is 2.62 bits per heavy atom. The van der Waals surface area contributed by atoms with Crippen molar-refractivity contribution in [2.24, 2.45) is 0 Å². The van der Waals surface area contributed by atoms with Crippen LogP contribution in [0.4, 0.5) is 0 Å². The third-order valence-corrected chi connectivity index (χ3v) is 4.64. The third kappa shape index (κ3) is 3.21. The molecule has 0 unspecified atom stereocenters. The average Bonchev–Trinajstić information content (AvgIpc) is 2.79. The topological polar surface area (TPSA) is 81.4 Å². The van der Waals surface area contributed by atoms with Crippen molar-refractivity contribution < 1.29 is 17.6 Å². The van der Waals surface area contributed by atoms with E-state index in [1.54, 1.807) is 6.07 Å². The molecule has 0 bridgehead atoms. The zero-order valence-electron chi connectivity index (χ0n) is 12.2. The van der Waals surface area contributed by atoms with Crippen LogP contribution in [-0.4, -0.2) is 27.2 Å². The second-order valence-electron chi connectivity index (χ2n) is 5.57. The van der Waals surface area contributed by atoms with Crippen molar-refractivity contribution in [2.75, 3.05) is 13.8 Å². The van der Waals surface area contributed by atoms with Crippen molar-refractivity contribution in [2.45, 2.75) is 31.1 Å². The van der Waals surface area contributed by atoms with Crippen LogP contribution < -0.4 is 4.72 Å². The van der Waals surface area contributed by atoms with Crippen LogP contribution in [0, 0.1) is 0 Å². The molecule has 0 saturated carbocycles. The fourth-order valence-electron chi connectivity index (χ4n) is 1.72. The number of aromatic nitrogens is 1. The number of halogens is 1. The Bertz CT molecular complexity index is 762. The van der Waals surface area contributed by atoms with Crippen LogP contribution in [0.2, 0.25) is 5.02 Å². The number of nitrogens with zero attached hydrogens (tertiary/aromatic N) is 1. The summed E-state index contributed by atoms with van der Waals surface area (Å²) >= 11 is 6.04. The minimum Gasteiger partial charge on any atom is -0.439 e. The SMILES string of the molecule is COCNS(=O)(=O)c1c(Cl)ccc2nc(C(C)(C)C)oc12. The molecule has 8 heteroatoms. The zero-order chi connectivity index (χ0) is 15.8. The maximum atomic E-state index is 12.3. The molecule has 2 aromatic rings. The molecule has 1 heterocycles. The molecular weight excluding hydrogens is 316 g/mol. The van der Waals surface area contributed by atoms with E-state index in [2.05, 4.69) is 9.71 Å². The predicted molar refractivity (Wildman–Crippen MR) is 79.9 cm³/mol. The van der Waals surface area contributed by atoms with Gasteiger partial charge in [-0.25, -0.2) is 13.4 Å². The van der Waals surface area contributed by atoms with E-state index in [4.69, 9.17) is 20.8 Å². The summed E-state index contributed by atoms with van der Waals surface area (Å²) in [7, 11) is -2.47. The molecule has 0 spiro atoms. The standard InChI is InChI=1S/C13H17ClN2O4S/c1-13(2,3)12-16-9-6-5-8(14)11(10(9)20-12)21(17,18)15-7-19-4/h5-6,15H,7H2,1-4H3. The van der Waals surface area contributed by atoms with Gasteiger partial charge >= 0.3 is 0 Å². The summed E-state index contributed by atoms with van der Waals surface area (Å²) in [5, 5.41) is 0.0720. The minimum absolute atomic E-state index is 0.0720. The van der Waals surface area contributed by atoms with E-state index in [1.807, 2.05) is 20.8 Å². The molecule has 0 fully saturated rings. The Balaban J connectivity index is 2.68. The summed E-state index contributed by atoms with van der Waals surface area (Å²) < 4.78 is 37.3. The number of hydrogen-bond acceptors (Lipinski definition) is 5. The second kappa shape index (κ2) is 5.57. The molecule has 0 atom stereocenters.